The average Bonchev–Trinajstić information content (AvgIpc) is 2.92. The van der Waals surface area contributed by atoms with E-state index in [0.717, 1.165) is 11.3 Å². The van der Waals surface area contributed by atoms with E-state index < -0.39 is 0 Å². The molecule has 1 heterocycles. The predicted octanol–water partition coefficient (Wildman–Crippen LogP) is 1.97. The van der Waals surface area contributed by atoms with Crippen LogP contribution in [0.5, 0.6) is 5.75 Å². The molecule has 23 heavy (non-hydrogen) atoms. The third-order valence-electron chi connectivity index (χ3n) is 3.87. The SMILES string of the molecule is COc1ccccc1CCC(=O)NCC1CN(C(C)C)C(=O)O1. The van der Waals surface area contributed by atoms with Crippen molar-refractivity contribution in [3.63, 3.8) is 0 Å². The molecule has 0 saturated carbocycles. The van der Waals surface area contributed by atoms with Gasteiger partial charge in [0.05, 0.1) is 20.2 Å². The lowest BCUT2D eigenvalue weighted by Crippen LogP contribution is -2.36. The van der Waals surface area contributed by atoms with Crippen LogP contribution in [0.3, 0.4) is 0 Å². The minimum Gasteiger partial charge on any atom is -0.496 e. The van der Waals surface area contributed by atoms with Crippen molar-refractivity contribution in [1.82, 2.24) is 10.2 Å². The fraction of sp³-hybridized carbons (Fsp3) is 0.529. The lowest BCUT2D eigenvalue weighted by molar-refractivity contribution is -0.121. The van der Waals surface area contributed by atoms with Gasteiger partial charge >= 0.3 is 6.09 Å². The quantitative estimate of drug-likeness (QED) is 0.834. The Labute approximate surface area is 136 Å². The molecule has 0 spiro atoms. The Morgan fingerprint density at radius 1 is 1.43 bits per heavy atom. The number of carbonyl (C=O) groups excluding carboxylic acids is 2. The Hall–Kier alpha value is -2.24. The average molecular weight is 320 g/mol. The highest BCUT2D eigenvalue weighted by Gasteiger charge is 2.32. The van der Waals surface area contributed by atoms with E-state index in [1.165, 1.54) is 0 Å². The summed E-state index contributed by atoms with van der Waals surface area (Å²) in [7, 11) is 1.62. The summed E-state index contributed by atoms with van der Waals surface area (Å²) in [6, 6.07) is 7.76. The first kappa shape index (κ1) is 17.1. The molecule has 2 amide bonds. The van der Waals surface area contributed by atoms with Crippen molar-refractivity contribution in [2.75, 3.05) is 20.2 Å². The zero-order chi connectivity index (χ0) is 16.8. The molecular weight excluding hydrogens is 296 g/mol. The fourth-order valence-electron chi connectivity index (χ4n) is 2.54. The van der Waals surface area contributed by atoms with Gasteiger partial charge in [0.1, 0.15) is 11.9 Å². The van der Waals surface area contributed by atoms with Crippen LogP contribution < -0.4 is 10.1 Å². The summed E-state index contributed by atoms with van der Waals surface area (Å²) in [4.78, 5) is 25.3. The number of rotatable bonds is 7. The number of carbonyl (C=O) groups is 2. The van der Waals surface area contributed by atoms with E-state index in [9.17, 15) is 9.59 Å². The maximum absolute atomic E-state index is 12.0. The molecule has 1 saturated heterocycles. The third-order valence-corrected chi connectivity index (χ3v) is 3.87. The van der Waals surface area contributed by atoms with Crippen LogP contribution in [-0.2, 0) is 16.0 Å². The van der Waals surface area contributed by atoms with Gasteiger partial charge in [-0.2, -0.15) is 0 Å². The van der Waals surface area contributed by atoms with Gasteiger partial charge in [-0.25, -0.2) is 4.79 Å². The topological polar surface area (TPSA) is 67.9 Å². The van der Waals surface area contributed by atoms with E-state index in [1.807, 2.05) is 38.1 Å². The molecule has 1 aliphatic rings. The Morgan fingerprint density at radius 3 is 2.83 bits per heavy atom. The summed E-state index contributed by atoms with van der Waals surface area (Å²) in [6.45, 7) is 4.74. The number of para-hydroxylation sites is 1. The predicted molar refractivity (Wildman–Crippen MR) is 86.4 cm³/mol. The monoisotopic (exact) mass is 320 g/mol. The zero-order valence-corrected chi connectivity index (χ0v) is 13.9. The van der Waals surface area contributed by atoms with Crippen molar-refractivity contribution in [2.24, 2.45) is 0 Å². The van der Waals surface area contributed by atoms with Crippen LogP contribution in [0.4, 0.5) is 4.79 Å². The lowest BCUT2D eigenvalue weighted by Gasteiger charge is -2.16. The number of hydrogen-bond donors (Lipinski definition) is 1. The van der Waals surface area contributed by atoms with Gasteiger partial charge in [-0.3, -0.25) is 4.79 Å². The lowest BCUT2D eigenvalue weighted by atomic mass is 10.1. The minimum atomic E-state index is -0.312. The number of benzene rings is 1. The van der Waals surface area contributed by atoms with Crippen molar-refractivity contribution < 1.29 is 19.1 Å². The molecule has 1 unspecified atom stereocenters. The molecule has 0 radical (unpaired) electrons. The van der Waals surface area contributed by atoms with Crippen molar-refractivity contribution in [2.45, 2.75) is 38.8 Å². The molecule has 0 bridgehead atoms. The van der Waals surface area contributed by atoms with Crippen LogP contribution in [0.1, 0.15) is 25.8 Å². The highest BCUT2D eigenvalue weighted by Crippen LogP contribution is 2.19. The Kier molecular flexibility index (Phi) is 5.84. The molecule has 2 rings (SSSR count). The van der Waals surface area contributed by atoms with Gasteiger partial charge in [-0.1, -0.05) is 18.2 Å². The molecule has 0 aromatic heterocycles. The number of methoxy groups -OCH3 is 1. The number of hydrogen-bond acceptors (Lipinski definition) is 4. The second kappa shape index (κ2) is 7.85. The Morgan fingerprint density at radius 2 is 2.17 bits per heavy atom. The summed E-state index contributed by atoms with van der Waals surface area (Å²) >= 11 is 0. The summed E-state index contributed by atoms with van der Waals surface area (Å²) in [5.74, 6) is 0.729. The first-order valence-electron chi connectivity index (χ1n) is 7.87. The van der Waals surface area contributed by atoms with E-state index >= 15 is 0 Å². The summed E-state index contributed by atoms with van der Waals surface area (Å²) in [6.07, 6.45) is 0.390. The molecule has 0 aliphatic carbocycles. The van der Waals surface area contributed by atoms with E-state index in [2.05, 4.69) is 5.32 Å². The molecule has 1 aromatic rings. The molecule has 6 heteroatoms. The van der Waals surface area contributed by atoms with E-state index in [4.69, 9.17) is 9.47 Å². The van der Waals surface area contributed by atoms with Crippen molar-refractivity contribution in [1.29, 1.82) is 0 Å². The van der Waals surface area contributed by atoms with E-state index in [0.29, 0.717) is 25.9 Å². The first-order chi connectivity index (χ1) is 11.0. The smallest absolute Gasteiger partial charge is 0.410 e. The number of aryl methyl sites for hydroxylation is 1. The van der Waals surface area contributed by atoms with Crippen molar-refractivity contribution in [3.8, 4) is 5.75 Å². The third kappa shape index (κ3) is 4.61. The molecule has 1 atom stereocenters. The van der Waals surface area contributed by atoms with Crippen LogP contribution in [0.15, 0.2) is 24.3 Å². The Balaban J connectivity index is 1.75. The van der Waals surface area contributed by atoms with Crippen LogP contribution in [0.25, 0.3) is 0 Å². The van der Waals surface area contributed by atoms with E-state index in [1.54, 1.807) is 12.0 Å². The highest BCUT2D eigenvalue weighted by atomic mass is 16.6. The van der Waals surface area contributed by atoms with Crippen molar-refractivity contribution >= 4 is 12.0 Å². The fourth-order valence-corrected chi connectivity index (χ4v) is 2.54. The number of cyclic esters (lactones) is 1. The second-order valence-corrected chi connectivity index (χ2v) is 5.87. The van der Waals surface area contributed by atoms with E-state index in [-0.39, 0.29) is 24.1 Å². The summed E-state index contributed by atoms with van der Waals surface area (Å²) in [5.41, 5.74) is 1.00. The van der Waals surface area contributed by atoms with Crippen LogP contribution in [0.2, 0.25) is 0 Å². The number of nitrogens with zero attached hydrogens (tertiary/aromatic N) is 1. The molecular formula is C17H24N2O4. The number of ether oxygens (including phenoxy) is 2. The summed E-state index contributed by atoms with van der Waals surface area (Å²) in [5, 5.41) is 2.83. The summed E-state index contributed by atoms with van der Waals surface area (Å²) < 4.78 is 10.5. The van der Waals surface area contributed by atoms with Crippen LogP contribution in [0, 0.1) is 0 Å². The maximum atomic E-state index is 12.0. The van der Waals surface area contributed by atoms with Gasteiger partial charge in [-0.15, -0.1) is 0 Å². The molecule has 1 N–H and O–H groups in total. The normalized spacial score (nSPS) is 17.3. The van der Waals surface area contributed by atoms with Crippen LogP contribution >= 0.6 is 0 Å². The zero-order valence-electron chi connectivity index (χ0n) is 13.9. The van der Waals surface area contributed by atoms with Gasteiger partial charge in [0.15, 0.2) is 0 Å². The second-order valence-electron chi connectivity index (χ2n) is 5.87. The molecule has 1 fully saturated rings. The number of amides is 2. The molecule has 126 valence electrons. The molecule has 6 nitrogen and oxygen atoms in total. The largest absolute Gasteiger partial charge is 0.496 e. The molecule has 1 aliphatic heterocycles. The minimum absolute atomic E-state index is 0.0602. The Bertz CT molecular complexity index is 559. The van der Waals surface area contributed by atoms with Crippen LogP contribution in [-0.4, -0.2) is 49.2 Å². The van der Waals surface area contributed by atoms with Gasteiger partial charge in [0.2, 0.25) is 5.91 Å². The van der Waals surface area contributed by atoms with Gasteiger partial charge in [0, 0.05) is 12.5 Å². The standard InChI is InChI=1S/C17H24N2O4/c1-12(2)19-11-14(23-17(19)21)10-18-16(20)9-8-13-6-4-5-7-15(13)22-3/h4-7,12,14H,8-11H2,1-3H3,(H,18,20). The molecule has 1 aromatic carbocycles. The maximum Gasteiger partial charge on any atom is 0.410 e. The van der Waals surface area contributed by atoms with Crippen molar-refractivity contribution in [3.05, 3.63) is 29.8 Å². The van der Waals surface area contributed by atoms with Gasteiger partial charge in [0.25, 0.3) is 0 Å². The first-order valence-corrected chi connectivity index (χ1v) is 7.87. The highest BCUT2D eigenvalue weighted by molar-refractivity contribution is 5.76. The number of nitrogens with one attached hydrogen (secondary N) is 1. The van der Waals surface area contributed by atoms with Gasteiger partial charge in [-0.05, 0) is 31.9 Å². The van der Waals surface area contributed by atoms with Gasteiger partial charge < -0.3 is 19.7 Å².